The van der Waals surface area contributed by atoms with Crippen LogP contribution < -0.4 is 20.1 Å². The Hall–Kier alpha value is -3.91. The topological polar surface area (TPSA) is 173 Å². The molecule has 1 aromatic carbocycles. The standard InChI is InChI=1S/C35H44ClN5O8S/c1-5-22-18-35(22,32(44)40-50(46,47)24-12-13-24)39-29(42)26-17-23-19-41(26)31(43)28(34(2,3)4)38-33(45)48-14-8-6-7-9-20-10-11-21-16-27(36)37-30(49-23)25(21)15-20/h5,10-11,15-16,22-24,26,28H,1,6-9,12-14,17-19H2,2-4H3,(H,38,45)(H,39,42)(H,40,44)/t22-,23-,26+,28-,35-/m1/s1. The highest BCUT2D eigenvalue weighted by molar-refractivity contribution is 7.91. The van der Waals surface area contributed by atoms with Crippen molar-refractivity contribution in [2.75, 3.05) is 13.2 Å². The van der Waals surface area contributed by atoms with E-state index in [0.29, 0.717) is 19.3 Å². The molecule has 4 aliphatic rings. The Labute approximate surface area is 296 Å². The number of fused-ring (bicyclic) bond motifs is 3. The van der Waals surface area contributed by atoms with Gasteiger partial charge in [0.2, 0.25) is 27.7 Å². The SMILES string of the molecule is C=C[C@@H]1C[C@]1(NC(=O)[C@@H]1C[C@@H]2CN1C(=O)[C@H](C(C)(C)C)NC(=O)OCCCCCc1ccc3cc(Cl)nc(c3c1)O2)C(=O)NS(=O)(=O)C1CC1. The van der Waals surface area contributed by atoms with Crippen LogP contribution in [0.4, 0.5) is 4.79 Å². The number of rotatable bonds is 6. The first-order valence-electron chi connectivity index (χ1n) is 17.1. The Morgan fingerprint density at radius 3 is 2.60 bits per heavy atom. The van der Waals surface area contributed by atoms with Gasteiger partial charge in [-0.1, -0.05) is 50.6 Å². The van der Waals surface area contributed by atoms with Crippen LogP contribution >= 0.6 is 11.6 Å². The third kappa shape index (κ3) is 7.56. The van der Waals surface area contributed by atoms with E-state index < -0.39 is 74.1 Å². The van der Waals surface area contributed by atoms with Crippen LogP contribution in [0.15, 0.2) is 36.9 Å². The molecule has 1 saturated heterocycles. The molecule has 0 radical (unpaired) electrons. The van der Waals surface area contributed by atoms with Gasteiger partial charge in [0, 0.05) is 17.7 Å². The van der Waals surface area contributed by atoms with Gasteiger partial charge in [-0.25, -0.2) is 18.2 Å². The van der Waals surface area contributed by atoms with E-state index in [0.717, 1.165) is 35.6 Å². The van der Waals surface area contributed by atoms with E-state index in [-0.39, 0.29) is 37.0 Å². The number of nitrogens with one attached hydrogen (secondary N) is 3. The molecule has 2 saturated carbocycles. The first-order valence-corrected chi connectivity index (χ1v) is 19.0. The lowest BCUT2D eigenvalue weighted by Gasteiger charge is -2.35. The molecule has 2 aromatic rings. The minimum Gasteiger partial charge on any atom is -0.472 e. The molecule has 13 nitrogen and oxygen atoms in total. The van der Waals surface area contributed by atoms with E-state index in [1.165, 1.54) is 11.0 Å². The minimum atomic E-state index is -3.89. The zero-order valence-corrected chi connectivity index (χ0v) is 30.1. The number of cyclic esters (lactones) is 1. The Morgan fingerprint density at radius 1 is 1.16 bits per heavy atom. The lowest BCUT2D eigenvalue weighted by molar-refractivity contribution is -0.142. The molecule has 2 aliphatic carbocycles. The second-order valence-electron chi connectivity index (χ2n) is 14.9. The fourth-order valence-electron chi connectivity index (χ4n) is 6.78. The monoisotopic (exact) mass is 729 g/mol. The van der Waals surface area contributed by atoms with Crippen LogP contribution in [0.2, 0.25) is 5.15 Å². The van der Waals surface area contributed by atoms with E-state index in [4.69, 9.17) is 21.1 Å². The van der Waals surface area contributed by atoms with Gasteiger partial charge in [-0.2, -0.15) is 0 Å². The summed E-state index contributed by atoms with van der Waals surface area (Å²) in [5.41, 5.74) is -1.28. The maximum atomic E-state index is 14.4. The van der Waals surface area contributed by atoms with Crippen molar-refractivity contribution in [2.45, 2.75) is 101 Å². The Kier molecular flexibility index (Phi) is 9.81. The van der Waals surface area contributed by atoms with Gasteiger partial charge in [0.1, 0.15) is 28.9 Å². The van der Waals surface area contributed by atoms with Gasteiger partial charge in [-0.3, -0.25) is 19.1 Å². The van der Waals surface area contributed by atoms with Crippen LogP contribution in [0.25, 0.3) is 10.8 Å². The molecule has 0 unspecified atom stereocenters. The molecule has 50 heavy (non-hydrogen) atoms. The van der Waals surface area contributed by atoms with E-state index in [2.05, 4.69) is 26.9 Å². The summed E-state index contributed by atoms with van der Waals surface area (Å²) in [6.07, 6.45) is 4.22. The Balaban J connectivity index is 1.34. The Morgan fingerprint density at radius 2 is 1.92 bits per heavy atom. The number of nitrogens with zero attached hydrogens (tertiary/aromatic N) is 2. The average Bonchev–Trinajstić information content (AvgIpc) is 3.97. The van der Waals surface area contributed by atoms with Gasteiger partial charge in [-0.15, -0.1) is 6.58 Å². The van der Waals surface area contributed by atoms with Crippen molar-refractivity contribution in [3.63, 3.8) is 0 Å². The quantitative estimate of drug-likeness (QED) is 0.296. The van der Waals surface area contributed by atoms with Crippen LogP contribution in [0, 0.1) is 11.3 Å². The number of amides is 4. The number of hydrogen-bond acceptors (Lipinski definition) is 9. The molecular formula is C35H44ClN5O8S. The number of benzene rings is 1. The van der Waals surface area contributed by atoms with Crippen molar-refractivity contribution in [2.24, 2.45) is 11.3 Å². The number of aryl methyl sites for hydroxylation is 1. The number of halogens is 1. The van der Waals surface area contributed by atoms with Crippen molar-refractivity contribution < 1.29 is 37.1 Å². The fourth-order valence-corrected chi connectivity index (χ4v) is 8.33. The van der Waals surface area contributed by atoms with Crippen LogP contribution in [0.1, 0.15) is 71.3 Å². The Bertz CT molecular complexity index is 1830. The van der Waals surface area contributed by atoms with E-state index in [1.54, 1.807) is 26.8 Å². The molecule has 270 valence electrons. The lowest BCUT2D eigenvalue weighted by atomic mass is 9.85. The molecule has 1 aromatic heterocycles. The first-order chi connectivity index (χ1) is 23.6. The van der Waals surface area contributed by atoms with Crippen molar-refractivity contribution in [1.82, 2.24) is 25.2 Å². The fraction of sp³-hybridized carbons (Fsp3) is 0.571. The largest absolute Gasteiger partial charge is 0.472 e. The second-order valence-corrected chi connectivity index (χ2v) is 17.2. The number of pyridine rings is 1. The lowest BCUT2D eigenvalue weighted by Crippen LogP contribution is -2.60. The number of hydrogen-bond donors (Lipinski definition) is 3. The van der Waals surface area contributed by atoms with Gasteiger partial charge in [0.15, 0.2) is 0 Å². The van der Waals surface area contributed by atoms with Gasteiger partial charge in [-0.05, 0) is 73.4 Å². The third-order valence-electron chi connectivity index (χ3n) is 9.92. The molecule has 3 fully saturated rings. The van der Waals surface area contributed by atoms with E-state index in [1.807, 2.05) is 18.2 Å². The summed E-state index contributed by atoms with van der Waals surface area (Å²) in [5.74, 6) is -2.31. The van der Waals surface area contributed by atoms with Crippen molar-refractivity contribution in [3.8, 4) is 5.88 Å². The predicted octanol–water partition coefficient (Wildman–Crippen LogP) is 3.77. The third-order valence-corrected chi connectivity index (χ3v) is 11.9. The number of carbonyl (C=O) groups excluding carboxylic acids is 4. The highest BCUT2D eigenvalue weighted by Crippen LogP contribution is 2.45. The summed E-state index contributed by atoms with van der Waals surface area (Å²) >= 11 is 6.40. The predicted molar refractivity (Wildman–Crippen MR) is 186 cm³/mol. The molecule has 4 amide bonds. The van der Waals surface area contributed by atoms with Gasteiger partial charge < -0.3 is 25.0 Å². The van der Waals surface area contributed by atoms with Gasteiger partial charge >= 0.3 is 6.09 Å². The van der Waals surface area contributed by atoms with Crippen LogP contribution in [0.3, 0.4) is 0 Å². The van der Waals surface area contributed by atoms with E-state index >= 15 is 0 Å². The van der Waals surface area contributed by atoms with Gasteiger partial charge in [0.05, 0.1) is 18.4 Å². The molecule has 2 aliphatic heterocycles. The maximum Gasteiger partial charge on any atom is 0.407 e. The van der Waals surface area contributed by atoms with Crippen LogP contribution in [-0.2, 0) is 35.6 Å². The van der Waals surface area contributed by atoms with Crippen LogP contribution in [0.5, 0.6) is 5.88 Å². The first kappa shape index (κ1) is 35.9. The zero-order valence-electron chi connectivity index (χ0n) is 28.5. The summed E-state index contributed by atoms with van der Waals surface area (Å²) in [7, 11) is -3.89. The molecule has 4 bridgehead atoms. The normalized spacial score (nSPS) is 27.7. The summed E-state index contributed by atoms with van der Waals surface area (Å²) in [5, 5.41) is 6.64. The molecule has 0 spiro atoms. The van der Waals surface area contributed by atoms with E-state index in [9.17, 15) is 27.6 Å². The number of ether oxygens (including phenoxy) is 2. The molecule has 5 atom stereocenters. The number of sulfonamides is 1. The van der Waals surface area contributed by atoms with Crippen molar-refractivity contribution >= 4 is 56.2 Å². The molecule has 15 heteroatoms. The minimum absolute atomic E-state index is 0.0189. The van der Waals surface area contributed by atoms with Crippen molar-refractivity contribution in [3.05, 3.63) is 47.6 Å². The summed E-state index contributed by atoms with van der Waals surface area (Å²) in [6.45, 7) is 9.27. The smallest absolute Gasteiger partial charge is 0.407 e. The maximum absolute atomic E-state index is 14.4. The molecular weight excluding hydrogens is 686 g/mol. The van der Waals surface area contributed by atoms with Crippen LogP contribution in [-0.4, -0.2) is 84.2 Å². The zero-order chi connectivity index (χ0) is 36.0. The molecule has 6 rings (SSSR count). The summed E-state index contributed by atoms with van der Waals surface area (Å²) in [4.78, 5) is 60.8. The summed E-state index contributed by atoms with van der Waals surface area (Å²) < 4.78 is 39.4. The van der Waals surface area contributed by atoms with Gasteiger partial charge in [0.25, 0.3) is 5.91 Å². The highest BCUT2D eigenvalue weighted by atomic mass is 35.5. The number of aromatic nitrogens is 1. The second kappa shape index (κ2) is 13.7. The average molecular weight is 730 g/mol. The number of carbonyl (C=O) groups is 4. The molecule has 3 N–H and O–H groups in total. The molecule has 3 heterocycles. The summed E-state index contributed by atoms with van der Waals surface area (Å²) in [6, 6.07) is 5.48. The highest BCUT2D eigenvalue weighted by Gasteiger charge is 2.62. The number of alkyl carbamates (subject to hydrolysis) is 1. The van der Waals surface area contributed by atoms with Crippen molar-refractivity contribution in [1.29, 1.82) is 0 Å².